The number of halogens is 1. The van der Waals surface area contributed by atoms with Crippen LogP contribution in [0.5, 0.6) is 0 Å². The Morgan fingerprint density at radius 3 is 2.83 bits per heavy atom. The number of oxazole rings is 1. The summed E-state index contributed by atoms with van der Waals surface area (Å²) in [7, 11) is 1.42. The number of aryl methyl sites for hydroxylation is 1. The maximum atomic E-state index is 14.3. The smallest absolute Gasteiger partial charge is 0.420 e. The lowest BCUT2D eigenvalue weighted by Gasteiger charge is -2.13. The van der Waals surface area contributed by atoms with Crippen LogP contribution < -0.4 is 16.0 Å². The van der Waals surface area contributed by atoms with Gasteiger partial charge in [0.25, 0.3) is 5.91 Å². The van der Waals surface area contributed by atoms with Gasteiger partial charge in [0.2, 0.25) is 0 Å². The van der Waals surface area contributed by atoms with Gasteiger partial charge in [-0.2, -0.15) is 0 Å². The molecule has 122 valence electrons. The fourth-order valence-electron chi connectivity index (χ4n) is 2.55. The molecule has 1 unspecified atom stereocenters. The van der Waals surface area contributed by atoms with Crippen LogP contribution in [0.1, 0.15) is 6.92 Å². The van der Waals surface area contributed by atoms with E-state index in [1.54, 1.807) is 6.92 Å². The van der Waals surface area contributed by atoms with Crippen molar-refractivity contribution in [3.63, 3.8) is 0 Å². The van der Waals surface area contributed by atoms with E-state index in [-0.39, 0.29) is 29.9 Å². The quantitative estimate of drug-likeness (QED) is 0.903. The molecule has 1 atom stereocenters. The summed E-state index contributed by atoms with van der Waals surface area (Å²) in [6, 6.07) is 2.48. The van der Waals surface area contributed by atoms with E-state index in [0.29, 0.717) is 0 Å². The van der Waals surface area contributed by atoms with Gasteiger partial charge in [-0.1, -0.05) is 0 Å². The average molecular weight is 323 g/mol. The van der Waals surface area contributed by atoms with Gasteiger partial charge < -0.3 is 14.5 Å². The van der Waals surface area contributed by atoms with Crippen LogP contribution >= 0.6 is 0 Å². The van der Waals surface area contributed by atoms with Crippen LogP contribution in [-0.4, -0.2) is 36.3 Å². The Kier molecular flexibility index (Phi) is 3.55. The summed E-state index contributed by atoms with van der Waals surface area (Å²) < 4.78 is 25.4. The molecule has 1 aromatic heterocycles. The number of carbonyl (C=O) groups is 2. The van der Waals surface area contributed by atoms with Crippen molar-refractivity contribution in [2.75, 3.05) is 18.5 Å². The molecule has 3 rings (SSSR count). The molecule has 2 heterocycles. The van der Waals surface area contributed by atoms with Crippen LogP contribution in [0.15, 0.2) is 21.3 Å². The maximum Gasteiger partial charge on any atom is 0.420 e. The van der Waals surface area contributed by atoms with Gasteiger partial charge in [0.05, 0.1) is 12.2 Å². The highest BCUT2D eigenvalue weighted by Gasteiger charge is 2.37. The summed E-state index contributed by atoms with van der Waals surface area (Å²) in [5.74, 6) is -1.82. The molecule has 1 saturated heterocycles. The maximum absolute atomic E-state index is 14.3. The number of hydrogen-bond donors (Lipinski definition) is 1. The van der Waals surface area contributed by atoms with Crippen molar-refractivity contribution in [2.45, 2.75) is 19.6 Å². The van der Waals surface area contributed by atoms with Gasteiger partial charge in [0.15, 0.2) is 17.5 Å². The molecule has 2 amide bonds. The number of cyclic esters (lactones) is 1. The summed E-state index contributed by atoms with van der Waals surface area (Å²) in [5.41, 5.74) is 0.225. The Labute approximate surface area is 129 Å². The number of amides is 2. The van der Waals surface area contributed by atoms with Crippen LogP contribution in [0.4, 0.5) is 14.9 Å². The third-order valence-corrected chi connectivity index (χ3v) is 3.68. The minimum Gasteiger partial charge on any atom is -0.434 e. The molecule has 0 saturated carbocycles. The van der Waals surface area contributed by atoms with Gasteiger partial charge in [0.1, 0.15) is 5.52 Å². The predicted octanol–water partition coefficient (Wildman–Crippen LogP) is 0.825. The lowest BCUT2D eigenvalue weighted by molar-refractivity contribution is -0.127. The summed E-state index contributed by atoms with van der Waals surface area (Å²) >= 11 is 0. The second-order valence-corrected chi connectivity index (χ2v) is 4.98. The molecule has 0 aliphatic carbocycles. The molecule has 1 aliphatic heterocycles. The molecule has 2 aromatic rings. The number of likely N-dealkylation sites (N-methyl/N-ethyl adjacent to an activating group) is 1. The summed E-state index contributed by atoms with van der Waals surface area (Å²) in [4.78, 5) is 36.2. The topological polar surface area (TPSA) is 93.8 Å². The van der Waals surface area contributed by atoms with Crippen molar-refractivity contribution < 1.29 is 23.1 Å². The third kappa shape index (κ3) is 2.33. The first-order valence-electron chi connectivity index (χ1n) is 6.99. The number of aromatic nitrogens is 1. The summed E-state index contributed by atoms with van der Waals surface area (Å²) in [6.45, 7) is 1.89. The van der Waals surface area contributed by atoms with Crippen LogP contribution in [0.3, 0.4) is 0 Å². The molecule has 1 N–H and O–H groups in total. The standard InChI is InChI=1S/C14H14FN3O5/c1-3-17-11-8(15)4-7(5-9(11)22-13(17)20)18-6-10(12(19)16-2)23-14(18)21/h4-5,10H,3,6H2,1-2H3,(H,16,19). The van der Waals surface area contributed by atoms with Gasteiger partial charge in [-0.25, -0.2) is 14.0 Å². The van der Waals surface area contributed by atoms with Crippen molar-refractivity contribution in [1.82, 2.24) is 9.88 Å². The molecule has 9 heteroatoms. The van der Waals surface area contributed by atoms with E-state index in [2.05, 4.69) is 5.32 Å². The SMILES string of the molecule is CCn1c(=O)oc2cc(N3CC(C(=O)NC)OC3=O)cc(F)c21. The van der Waals surface area contributed by atoms with Gasteiger partial charge in [-0.15, -0.1) is 0 Å². The van der Waals surface area contributed by atoms with Crippen LogP contribution in [0.25, 0.3) is 11.1 Å². The van der Waals surface area contributed by atoms with Gasteiger partial charge in [-0.05, 0) is 6.92 Å². The number of rotatable bonds is 3. The highest BCUT2D eigenvalue weighted by atomic mass is 19.1. The Balaban J connectivity index is 2.03. The zero-order valence-corrected chi connectivity index (χ0v) is 12.5. The summed E-state index contributed by atoms with van der Waals surface area (Å²) in [5, 5.41) is 2.38. The Hall–Kier alpha value is -2.84. The predicted molar refractivity (Wildman–Crippen MR) is 77.8 cm³/mol. The highest BCUT2D eigenvalue weighted by molar-refractivity contribution is 5.96. The van der Waals surface area contributed by atoms with Crippen molar-refractivity contribution in [3.05, 3.63) is 28.5 Å². The molecule has 8 nitrogen and oxygen atoms in total. The summed E-state index contributed by atoms with van der Waals surface area (Å²) in [6.07, 6.45) is -1.74. The van der Waals surface area contributed by atoms with E-state index < -0.39 is 29.7 Å². The van der Waals surface area contributed by atoms with Crippen molar-refractivity contribution in [2.24, 2.45) is 0 Å². The Morgan fingerprint density at radius 1 is 1.43 bits per heavy atom. The lowest BCUT2D eigenvalue weighted by atomic mass is 10.2. The number of anilines is 1. The highest BCUT2D eigenvalue weighted by Crippen LogP contribution is 2.28. The number of ether oxygens (including phenoxy) is 1. The largest absolute Gasteiger partial charge is 0.434 e. The fourth-order valence-corrected chi connectivity index (χ4v) is 2.55. The third-order valence-electron chi connectivity index (χ3n) is 3.68. The molecule has 1 aliphatic rings. The molecule has 1 aromatic carbocycles. The molecule has 0 radical (unpaired) electrons. The number of hydrogen-bond acceptors (Lipinski definition) is 5. The van der Waals surface area contributed by atoms with Gasteiger partial charge in [0, 0.05) is 25.7 Å². The van der Waals surface area contributed by atoms with Crippen molar-refractivity contribution >= 4 is 28.8 Å². The fraction of sp³-hybridized carbons (Fsp3) is 0.357. The minimum absolute atomic E-state index is 0.0306. The van der Waals surface area contributed by atoms with Crippen molar-refractivity contribution in [3.8, 4) is 0 Å². The zero-order valence-electron chi connectivity index (χ0n) is 12.5. The minimum atomic E-state index is -0.974. The number of nitrogens with zero attached hydrogens (tertiary/aromatic N) is 2. The molecular weight excluding hydrogens is 309 g/mol. The molecule has 23 heavy (non-hydrogen) atoms. The number of fused-ring (bicyclic) bond motifs is 1. The van der Waals surface area contributed by atoms with E-state index >= 15 is 0 Å². The number of benzene rings is 1. The first-order chi connectivity index (χ1) is 11.0. The molecular formula is C14H14FN3O5. The van der Waals surface area contributed by atoms with E-state index in [1.807, 2.05) is 0 Å². The zero-order chi connectivity index (χ0) is 16.7. The average Bonchev–Trinajstić information content (AvgIpc) is 3.06. The van der Waals surface area contributed by atoms with Gasteiger partial charge in [-0.3, -0.25) is 14.3 Å². The number of nitrogens with one attached hydrogen (secondary N) is 1. The Morgan fingerprint density at radius 2 is 2.17 bits per heavy atom. The second-order valence-electron chi connectivity index (χ2n) is 4.98. The second kappa shape index (κ2) is 5.41. The van der Waals surface area contributed by atoms with Crippen LogP contribution in [0, 0.1) is 5.82 Å². The first-order valence-corrected chi connectivity index (χ1v) is 6.99. The lowest BCUT2D eigenvalue weighted by Crippen LogP contribution is -2.35. The first kappa shape index (κ1) is 15.1. The van der Waals surface area contributed by atoms with Crippen LogP contribution in [0.2, 0.25) is 0 Å². The van der Waals surface area contributed by atoms with E-state index in [4.69, 9.17) is 9.15 Å². The molecule has 0 spiro atoms. The Bertz CT molecular complexity index is 856. The molecule has 0 bridgehead atoms. The van der Waals surface area contributed by atoms with Crippen molar-refractivity contribution in [1.29, 1.82) is 0 Å². The molecule has 1 fully saturated rings. The van der Waals surface area contributed by atoms with E-state index in [9.17, 15) is 18.8 Å². The van der Waals surface area contributed by atoms with Crippen LogP contribution in [-0.2, 0) is 16.1 Å². The normalized spacial score (nSPS) is 17.6. The van der Waals surface area contributed by atoms with E-state index in [1.165, 1.54) is 13.1 Å². The van der Waals surface area contributed by atoms with E-state index in [0.717, 1.165) is 15.5 Å². The van der Waals surface area contributed by atoms with Gasteiger partial charge >= 0.3 is 11.8 Å². The monoisotopic (exact) mass is 323 g/mol. The number of carbonyl (C=O) groups excluding carboxylic acids is 2.